The van der Waals surface area contributed by atoms with Crippen molar-refractivity contribution in [2.24, 2.45) is 5.92 Å². The lowest BCUT2D eigenvalue weighted by Gasteiger charge is -2.37. The molecule has 4 rings (SSSR count). The Hall–Kier alpha value is -3.26. The van der Waals surface area contributed by atoms with Crippen LogP contribution in [0.5, 0.6) is 5.75 Å². The molecule has 0 radical (unpaired) electrons. The summed E-state index contributed by atoms with van der Waals surface area (Å²) in [6.45, 7) is 5.78. The lowest BCUT2D eigenvalue weighted by Crippen LogP contribution is -2.52. The maximum absolute atomic E-state index is 14.0. The molecule has 7 nitrogen and oxygen atoms in total. The number of aliphatic hydroxyl groups excluding tert-OH is 1. The Morgan fingerprint density at radius 3 is 2.53 bits per heavy atom. The van der Waals surface area contributed by atoms with E-state index < -0.39 is 6.10 Å². The molecular formula is C24H29FN4O3. The van der Waals surface area contributed by atoms with E-state index >= 15 is 0 Å². The lowest BCUT2D eigenvalue weighted by molar-refractivity contribution is -0.141. The van der Waals surface area contributed by atoms with Gasteiger partial charge in [-0.3, -0.25) is 4.79 Å². The van der Waals surface area contributed by atoms with Crippen molar-refractivity contribution in [1.82, 2.24) is 14.9 Å². The number of aromatic hydroxyl groups is 1. The van der Waals surface area contributed by atoms with Crippen molar-refractivity contribution in [3.8, 4) is 17.1 Å². The summed E-state index contributed by atoms with van der Waals surface area (Å²) in [4.78, 5) is 25.4. The maximum atomic E-state index is 14.0. The second-order valence-electron chi connectivity index (χ2n) is 8.51. The summed E-state index contributed by atoms with van der Waals surface area (Å²) in [7, 11) is 0. The molecule has 1 aromatic heterocycles. The van der Waals surface area contributed by atoms with Crippen LogP contribution in [0.1, 0.15) is 21.7 Å². The van der Waals surface area contributed by atoms with Gasteiger partial charge in [0.1, 0.15) is 23.5 Å². The van der Waals surface area contributed by atoms with E-state index in [2.05, 4.69) is 9.97 Å². The van der Waals surface area contributed by atoms with Gasteiger partial charge in [0, 0.05) is 33.0 Å². The molecule has 2 heterocycles. The number of hydrogen-bond donors (Lipinski definition) is 2. The average molecular weight is 441 g/mol. The molecule has 2 N–H and O–H groups in total. The number of aliphatic hydroxyl groups is 1. The molecule has 2 aromatic carbocycles. The van der Waals surface area contributed by atoms with Crippen LogP contribution >= 0.6 is 0 Å². The van der Waals surface area contributed by atoms with E-state index in [-0.39, 0.29) is 24.8 Å². The van der Waals surface area contributed by atoms with E-state index in [0.717, 1.165) is 0 Å². The summed E-state index contributed by atoms with van der Waals surface area (Å²) in [6.07, 6.45) is -0.568. The monoisotopic (exact) mass is 440 g/mol. The van der Waals surface area contributed by atoms with Crippen molar-refractivity contribution in [3.05, 3.63) is 48.3 Å². The summed E-state index contributed by atoms with van der Waals surface area (Å²) in [5, 5.41) is 21.0. The van der Waals surface area contributed by atoms with Gasteiger partial charge in [0.05, 0.1) is 11.1 Å². The predicted octanol–water partition coefficient (Wildman–Crippen LogP) is 3.44. The first-order valence-corrected chi connectivity index (χ1v) is 10.8. The van der Waals surface area contributed by atoms with E-state index in [0.29, 0.717) is 60.7 Å². The van der Waals surface area contributed by atoms with Crippen molar-refractivity contribution in [2.45, 2.75) is 26.4 Å². The zero-order chi connectivity index (χ0) is 22.8. The molecule has 1 amide bonds. The molecule has 0 saturated carbocycles. The van der Waals surface area contributed by atoms with Crippen LogP contribution in [0.2, 0.25) is 0 Å². The number of benzene rings is 2. The highest BCUT2D eigenvalue weighted by Crippen LogP contribution is 2.32. The van der Waals surface area contributed by atoms with Gasteiger partial charge in [-0.1, -0.05) is 26.0 Å². The van der Waals surface area contributed by atoms with Gasteiger partial charge in [-0.25, -0.2) is 14.4 Å². The molecule has 170 valence electrons. The first kappa shape index (κ1) is 22.0. The third-order valence-corrected chi connectivity index (χ3v) is 5.65. The maximum Gasteiger partial charge on any atom is 0.251 e. The summed E-state index contributed by atoms with van der Waals surface area (Å²) in [5.41, 5.74) is 1.06. The molecule has 0 bridgehead atoms. The minimum atomic E-state index is -0.997. The lowest BCUT2D eigenvalue weighted by atomic mass is 10.0. The van der Waals surface area contributed by atoms with Gasteiger partial charge >= 0.3 is 0 Å². The van der Waals surface area contributed by atoms with Crippen molar-refractivity contribution in [3.63, 3.8) is 0 Å². The molecule has 0 spiro atoms. The zero-order valence-corrected chi connectivity index (χ0v) is 18.2. The number of aromatic nitrogens is 2. The van der Waals surface area contributed by atoms with Crippen molar-refractivity contribution >= 4 is 22.6 Å². The van der Waals surface area contributed by atoms with E-state index in [1.807, 2.05) is 18.7 Å². The van der Waals surface area contributed by atoms with Crippen LogP contribution in [0.15, 0.2) is 42.5 Å². The Morgan fingerprint density at radius 1 is 1.12 bits per heavy atom. The van der Waals surface area contributed by atoms with Crippen molar-refractivity contribution in [2.75, 3.05) is 31.1 Å². The summed E-state index contributed by atoms with van der Waals surface area (Å²) in [6, 6.07) is 11.2. The second kappa shape index (κ2) is 9.08. The number of amides is 1. The molecule has 0 aliphatic carbocycles. The molecule has 1 fully saturated rings. The number of anilines is 1. The van der Waals surface area contributed by atoms with Crippen LogP contribution in [0.3, 0.4) is 0 Å². The van der Waals surface area contributed by atoms with Crippen LogP contribution in [0.4, 0.5) is 10.2 Å². The number of hydrogen-bond acceptors (Lipinski definition) is 6. The fourth-order valence-corrected chi connectivity index (χ4v) is 4.01. The van der Waals surface area contributed by atoms with Gasteiger partial charge in [0.15, 0.2) is 5.82 Å². The molecule has 1 saturated heterocycles. The van der Waals surface area contributed by atoms with Crippen LogP contribution in [0, 0.1) is 11.7 Å². The molecular weight excluding hydrogens is 411 g/mol. The standard InChI is InChI=1S/C24H27FN4O3.H2/c1-15(2)13-21(31)24(32)29-11-9-28(10-12-29)23-18-14-16(25)7-8-19(18)26-22(27-23)17-5-3-4-6-20(17)30;/h3-8,14-15,21,30-31H,9-13H2,1-2H3;1H/t21-;/m1./s1. The molecule has 1 atom stereocenters. The van der Waals surface area contributed by atoms with Crippen LogP contribution in [0.25, 0.3) is 22.3 Å². The first-order valence-electron chi connectivity index (χ1n) is 10.8. The number of phenols is 1. The fraction of sp³-hybridized carbons (Fsp3) is 0.375. The Kier molecular flexibility index (Phi) is 6.23. The Morgan fingerprint density at radius 2 is 1.84 bits per heavy atom. The van der Waals surface area contributed by atoms with Crippen LogP contribution in [-0.4, -0.2) is 63.3 Å². The molecule has 1 aliphatic heterocycles. The number of nitrogens with zero attached hydrogens (tertiary/aromatic N) is 4. The summed E-state index contributed by atoms with van der Waals surface area (Å²) < 4.78 is 14.0. The van der Waals surface area contributed by atoms with E-state index in [9.17, 15) is 19.4 Å². The Labute approximate surface area is 187 Å². The molecule has 0 unspecified atom stereocenters. The highest BCUT2D eigenvalue weighted by Gasteiger charge is 2.28. The van der Waals surface area contributed by atoms with E-state index in [4.69, 9.17) is 0 Å². The number of halogens is 1. The minimum absolute atomic E-state index is 0. The number of carbonyl (C=O) groups is 1. The third-order valence-electron chi connectivity index (χ3n) is 5.65. The fourth-order valence-electron chi connectivity index (χ4n) is 4.01. The normalized spacial score (nSPS) is 15.4. The molecule has 8 heteroatoms. The minimum Gasteiger partial charge on any atom is -0.507 e. The number of piperazine rings is 1. The second-order valence-corrected chi connectivity index (χ2v) is 8.51. The zero-order valence-electron chi connectivity index (χ0n) is 18.2. The SMILES string of the molecule is CC(C)C[C@@H](O)C(=O)N1CCN(c2nc(-c3ccccc3O)nc3ccc(F)cc23)CC1.[HH]. The predicted molar refractivity (Wildman–Crippen MR) is 123 cm³/mol. The van der Waals surface area contributed by atoms with Crippen LogP contribution in [-0.2, 0) is 4.79 Å². The van der Waals surface area contributed by atoms with Gasteiger partial charge < -0.3 is 20.0 Å². The molecule has 3 aromatic rings. The van der Waals surface area contributed by atoms with Crippen molar-refractivity contribution in [1.29, 1.82) is 0 Å². The Bertz CT molecular complexity index is 1140. The highest BCUT2D eigenvalue weighted by molar-refractivity contribution is 5.91. The first-order chi connectivity index (χ1) is 15.3. The summed E-state index contributed by atoms with van der Waals surface area (Å²) >= 11 is 0. The summed E-state index contributed by atoms with van der Waals surface area (Å²) in [5.74, 6) is 0.556. The quantitative estimate of drug-likeness (QED) is 0.632. The van der Waals surface area contributed by atoms with Crippen molar-refractivity contribution < 1.29 is 20.8 Å². The molecule has 1 aliphatic rings. The third kappa shape index (κ3) is 4.50. The topological polar surface area (TPSA) is 89.8 Å². The number of para-hydroxylation sites is 1. The largest absolute Gasteiger partial charge is 0.507 e. The van der Waals surface area contributed by atoms with Gasteiger partial charge in [0.2, 0.25) is 0 Å². The average Bonchev–Trinajstić information content (AvgIpc) is 2.78. The van der Waals surface area contributed by atoms with Gasteiger partial charge in [-0.2, -0.15) is 0 Å². The van der Waals surface area contributed by atoms with Gasteiger partial charge in [-0.15, -0.1) is 0 Å². The van der Waals surface area contributed by atoms with Gasteiger partial charge in [-0.05, 0) is 42.7 Å². The Balaban J connectivity index is 0.00000306. The number of rotatable bonds is 5. The van der Waals surface area contributed by atoms with Crippen LogP contribution < -0.4 is 4.90 Å². The molecule has 32 heavy (non-hydrogen) atoms. The number of phenolic OH excluding ortho intramolecular Hbond substituents is 1. The van der Waals surface area contributed by atoms with E-state index in [1.165, 1.54) is 12.1 Å². The van der Waals surface area contributed by atoms with E-state index in [1.54, 1.807) is 35.2 Å². The van der Waals surface area contributed by atoms with Gasteiger partial charge in [0.25, 0.3) is 5.91 Å². The smallest absolute Gasteiger partial charge is 0.251 e. The number of carbonyl (C=O) groups excluding carboxylic acids is 1. The number of fused-ring (bicyclic) bond motifs is 1. The highest BCUT2D eigenvalue weighted by atomic mass is 19.1.